The van der Waals surface area contributed by atoms with Gasteiger partial charge in [0.2, 0.25) is 5.91 Å². The third kappa shape index (κ3) is 4.14. The number of anilines is 1. The molecular formula is C15H17F3N2O3. The Morgan fingerprint density at radius 2 is 2.13 bits per heavy atom. The van der Waals surface area contributed by atoms with E-state index in [9.17, 15) is 22.8 Å². The smallest absolute Gasteiger partial charge is 0.406 e. The highest BCUT2D eigenvalue weighted by atomic mass is 19.4. The molecule has 0 unspecified atom stereocenters. The van der Waals surface area contributed by atoms with Crippen molar-refractivity contribution < 1.29 is 27.5 Å². The van der Waals surface area contributed by atoms with Gasteiger partial charge < -0.3 is 15.0 Å². The van der Waals surface area contributed by atoms with Gasteiger partial charge in [0.1, 0.15) is 12.6 Å². The van der Waals surface area contributed by atoms with Crippen molar-refractivity contribution in [1.82, 2.24) is 4.90 Å². The fourth-order valence-electron chi connectivity index (χ4n) is 2.54. The van der Waals surface area contributed by atoms with E-state index in [0.29, 0.717) is 23.2 Å². The van der Waals surface area contributed by atoms with E-state index in [4.69, 9.17) is 0 Å². The Morgan fingerprint density at radius 3 is 2.70 bits per heavy atom. The monoisotopic (exact) mass is 330 g/mol. The highest BCUT2D eigenvalue weighted by molar-refractivity contribution is 5.92. The second-order valence-corrected chi connectivity index (χ2v) is 5.38. The average Bonchev–Trinajstić information content (AvgIpc) is 2.78. The van der Waals surface area contributed by atoms with Gasteiger partial charge in [-0.05, 0) is 37.1 Å². The first-order valence-corrected chi connectivity index (χ1v) is 7.02. The van der Waals surface area contributed by atoms with Gasteiger partial charge in [-0.25, -0.2) is 4.79 Å². The standard InChI is InChI=1S/C15H17F3N2O3/c1-9-7-10(3-4-11(9)14(22)23-2)19-12-5-6-20(13(12)21)8-15(16,17)18/h3-4,7,12,19H,5-6,8H2,1-2H3/t12-/m0/s1. The summed E-state index contributed by atoms with van der Waals surface area (Å²) in [5.74, 6) is -1.04. The van der Waals surface area contributed by atoms with Crippen molar-refractivity contribution in [3.05, 3.63) is 29.3 Å². The van der Waals surface area contributed by atoms with E-state index in [-0.39, 0.29) is 6.54 Å². The van der Waals surface area contributed by atoms with Crippen LogP contribution in [0.3, 0.4) is 0 Å². The molecule has 23 heavy (non-hydrogen) atoms. The van der Waals surface area contributed by atoms with Crippen LogP contribution in [0.2, 0.25) is 0 Å². The number of benzene rings is 1. The zero-order valence-corrected chi connectivity index (χ0v) is 12.7. The van der Waals surface area contributed by atoms with E-state index < -0.39 is 30.6 Å². The summed E-state index contributed by atoms with van der Waals surface area (Å²) < 4.78 is 41.8. The highest BCUT2D eigenvalue weighted by Gasteiger charge is 2.39. The number of alkyl halides is 3. The lowest BCUT2D eigenvalue weighted by atomic mass is 10.1. The van der Waals surface area contributed by atoms with Crippen molar-refractivity contribution in [3.63, 3.8) is 0 Å². The predicted octanol–water partition coefficient (Wildman–Crippen LogP) is 2.36. The molecule has 1 amide bonds. The molecule has 1 N–H and O–H groups in total. The Labute approximate surface area is 131 Å². The van der Waals surface area contributed by atoms with E-state index in [2.05, 4.69) is 10.1 Å². The number of hydrogen-bond donors (Lipinski definition) is 1. The van der Waals surface area contributed by atoms with Crippen LogP contribution in [0, 0.1) is 6.92 Å². The lowest BCUT2D eigenvalue weighted by molar-refractivity contribution is -0.157. The van der Waals surface area contributed by atoms with E-state index in [1.165, 1.54) is 7.11 Å². The predicted molar refractivity (Wildman–Crippen MR) is 77.2 cm³/mol. The summed E-state index contributed by atoms with van der Waals surface area (Å²) in [6.45, 7) is 0.545. The van der Waals surface area contributed by atoms with Crippen molar-refractivity contribution in [2.75, 3.05) is 25.5 Å². The van der Waals surface area contributed by atoms with E-state index in [0.717, 1.165) is 4.90 Å². The van der Waals surface area contributed by atoms with Crippen LogP contribution in [0.5, 0.6) is 0 Å². The summed E-state index contributed by atoms with van der Waals surface area (Å²) in [5, 5.41) is 2.92. The molecule has 1 aliphatic heterocycles. The number of hydrogen-bond acceptors (Lipinski definition) is 4. The third-order valence-electron chi connectivity index (χ3n) is 3.64. The molecule has 0 spiro atoms. The van der Waals surface area contributed by atoms with Crippen LogP contribution >= 0.6 is 0 Å². The van der Waals surface area contributed by atoms with E-state index in [1.54, 1.807) is 25.1 Å². The largest absolute Gasteiger partial charge is 0.465 e. The zero-order chi connectivity index (χ0) is 17.2. The molecule has 1 aromatic carbocycles. The maximum absolute atomic E-state index is 12.4. The van der Waals surface area contributed by atoms with Crippen molar-refractivity contribution in [1.29, 1.82) is 0 Å². The normalized spacial score (nSPS) is 18.2. The number of amides is 1. The number of esters is 1. The molecule has 126 valence electrons. The zero-order valence-electron chi connectivity index (χ0n) is 12.7. The molecule has 5 nitrogen and oxygen atoms in total. The van der Waals surface area contributed by atoms with Crippen molar-refractivity contribution in [2.45, 2.75) is 25.6 Å². The maximum atomic E-state index is 12.4. The van der Waals surface area contributed by atoms with Crippen LogP contribution in [0.25, 0.3) is 0 Å². The molecule has 0 aromatic heterocycles. The maximum Gasteiger partial charge on any atom is 0.406 e. The minimum Gasteiger partial charge on any atom is -0.465 e. The third-order valence-corrected chi connectivity index (χ3v) is 3.64. The van der Waals surface area contributed by atoms with E-state index in [1.807, 2.05) is 0 Å². The summed E-state index contributed by atoms with van der Waals surface area (Å²) in [6.07, 6.45) is -4.10. The molecule has 0 aliphatic carbocycles. The van der Waals surface area contributed by atoms with Gasteiger partial charge in [0, 0.05) is 12.2 Å². The van der Waals surface area contributed by atoms with Crippen LogP contribution in [0.4, 0.5) is 18.9 Å². The van der Waals surface area contributed by atoms with Gasteiger partial charge in [0.25, 0.3) is 0 Å². The fraction of sp³-hybridized carbons (Fsp3) is 0.467. The molecule has 1 fully saturated rings. The average molecular weight is 330 g/mol. The number of carbonyl (C=O) groups is 2. The molecule has 0 saturated carbocycles. The molecule has 1 aliphatic rings. The summed E-state index contributed by atoms with van der Waals surface area (Å²) >= 11 is 0. The number of rotatable bonds is 4. The van der Waals surface area contributed by atoms with Crippen LogP contribution in [0.15, 0.2) is 18.2 Å². The molecule has 1 heterocycles. The Bertz CT molecular complexity index is 616. The lowest BCUT2D eigenvalue weighted by Gasteiger charge is -2.19. The minimum atomic E-state index is -4.40. The summed E-state index contributed by atoms with van der Waals surface area (Å²) in [5.41, 5.74) is 1.62. The highest BCUT2D eigenvalue weighted by Crippen LogP contribution is 2.24. The molecule has 8 heteroatoms. The Kier molecular flexibility index (Phi) is 4.82. The van der Waals surface area contributed by atoms with Crippen LogP contribution in [0.1, 0.15) is 22.3 Å². The topological polar surface area (TPSA) is 58.6 Å². The lowest BCUT2D eigenvalue weighted by Crippen LogP contribution is -2.39. The Hall–Kier alpha value is -2.25. The van der Waals surface area contributed by atoms with Gasteiger partial charge in [-0.1, -0.05) is 0 Å². The molecule has 0 radical (unpaired) electrons. The SMILES string of the molecule is COC(=O)c1ccc(N[C@H]2CCN(CC(F)(F)F)C2=O)cc1C. The molecule has 2 rings (SSSR count). The fourth-order valence-corrected chi connectivity index (χ4v) is 2.54. The number of carbonyl (C=O) groups excluding carboxylic acids is 2. The van der Waals surface area contributed by atoms with Gasteiger partial charge in [0.15, 0.2) is 0 Å². The van der Waals surface area contributed by atoms with Gasteiger partial charge in [-0.2, -0.15) is 13.2 Å². The van der Waals surface area contributed by atoms with Crippen molar-refractivity contribution in [2.24, 2.45) is 0 Å². The van der Waals surface area contributed by atoms with E-state index >= 15 is 0 Å². The number of nitrogens with zero attached hydrogens (tertiary/aromatic N) is 1. The first-order valence-electron chi connectivity index (χ1n) is 7.02. The molecule has 1 atom stereocenters. The molecule has 0 bridgehead atoms. The summed E-state index contributed by atoms with van der Waals surface area (Å²) in [4.78, 5) is 24.3. The number of aryl methyl sites for hydroxylation is 1. The Morgan fingerprint density at radius 1 is 1.43 bits per heavy atom. The summed E-state index contributed by atoms with van der Waals surface area (Å²) in [7, 11) is 1.28. The first-order chi connectivity index (χ1) is 10.7. The number of likely N-dealkylation sites (tertiary alicyclic amines) is 1. The van der Waals surface area contributed by atoms with Crippen molar-refractivity contribution in [3.8, 4) is 0 Å². The van der Waals surface area contributed by atoms with Gasteiger partial charge in [0.05, 0.1) is 12.7 Å². The Balaban J connectivity index is 2.04. The molecule has 1 saturated heterocycles. The van der Waals surface area contributed by atoms with Crippen LogP contribution in [-0.2, 0) is 9.53 Å². The van der Waals surface area contributed by atoms with Gasteiger partial charge in [-0.15, -0.1) is 0 Å². The van der Waals surface area contributed by atoms with Gasteiger partial charge in [-0.3, -0.25) is 4.79 Å². The van der Waals surface area contributed by atoms with Crippen LogP contribution < -0.4 is 5.32 Å². The molecular weight excluding hydrogens is 313 g/mol. The first kappa shape index (κ1) is 17.1. The van der Waals surface area contributed by atoms with Crippen LogP contribution in [-0.4, -0.2) is 49.2 Å². The minimum absolute atomic E-state index is 0.0647. The summed E-state index contributed by atoms with van der Waals surface area (Å²) in [6, 6.07) is 4.11. The number of methoxy groups -OCH3 is 1. The number of halogens is 3. The van der Waals surface area contributed by atoms with Crippen molar-refractivity contribution >= 4 is 17.6 Å². The number of nitrogens with one attached hydrogen (secondary N) is 1. The second-order valence-electron chi connectivity index (χ2n) is 5.38. The molecule has 1 aromatic rings. The second kappa shape index (κ2) is 6.47. The van der Waals surface area contributed by atoms with Gasteiger partial charge >= 0.3 is 12.1 Å². The quantitative estimate of drug-likeness (QED) is 0.861. The number of ether oxygens (including phenoxy) is 1.